The number of benzene rings is 2. The lowest BCUT2D eigenvalue weighted by molar-refractivity contribution is -0.135. The number of aliphatic carboxylic acids is 1. The largest absolute Gasteiger partial charge is 0.494 e. The Hall–Kier alpha value is -4.14. The van der Waals surface area contributed by atoms with Gasteiger partial charge in [-0.1, -0.05) is 42.5 Å². The van der Waals surface area contributed by atoms with E-state index in [0.29, 0.717) is 11.0 Å². The molecule has 0 atom stereocenters. The molecule has 2 aromatic carbocycles. The van der Waals surface area contributed by atoms with Gasteiger partial charge in [0.05, 0.1) is 17.6 Å². The molecule has 29 heavy (non-hydrogen) atoms. The summed E-state index contributed by atoms with van der Waals surface area (Å²) in [5.41, 5.74) is 0.490. The van der Waals surface area contributed by atoms with Crippen LogP contribution in [0.1, 0.15) is 15.9 Å². The van der Waals surface area contributed by atoms with Crippen LogP contribution < -0.4 is 10.9 Å². The van der Waals surface area contributed by atoms with Crippen molar-refractivity contribution in [1.29, 1.82) is 0 Å². The molecular formula is C20H16N4O5. The molecule has 0 saturated heterocycles. The number of nitrogens with one attached hydrogen (secondary N) is 1. The van der Waals surface area contributed by atoms with Crippen molar-refractivity contribution in [1.82, 2.24) is 19.3 Å². The molecule has 0 radical (unpaired) electrons. The van der Waals surface area contributed by atoms with Gasteiger partial charge in [-0.3, -0.25) is 19.0 Å². The van der Waals surface area contributed by atoms with Crippen molar-refractivity contribution in [3.8, 4) is 5.88 Å². The minimum Gasteiger partial charge on any atom is -0.494 e. The van der Waals surface area contributed by atoms with Crippen LogP contribution in [0.5, 0.6) is 5.88 Å². The zero-order chi connectivity index (χ0) is 20.5. The monoisotopic (exact) mass is 392 g/mol. The first-order valence-electron chi connectivity index (χ1n) is 8.74. The number of carboxylic acids is 1. The molecular weight excluding hydrogens is 376 g/mol. The molecule has 146 valence electrons. The van der Waals surface area contributed by atoms with Crippen molar-refractivity contribution in [3.63, 3.8) is 0 Å². The van der Waals surface area contributed by atoms with E-state index >= 15 is 0 Å². The minimum absolute atomic E-state index is 0.152. The van der Waals surface area contributed by atoms with E-state index < -0.39 is 35.4 Å². The maximum Gasteiger partial charge on any atom is 0.322 e. The van der Waals surface area contributed by atoms with E-state index in [2.05, 4.69) is 10.3 Å². The molecule has 9 heteroatoms. The van der Waals surface area contributed by atoms with Crippen LogP contribution in [0.25, 0.3) is 16.8 Å². The van der Waals surface area contributed by atoms with Crippen LogP contribution >= 0.6 is 0 Å². The molecule has 0 aliphatic rings. The Morgan fingerprint density at radius 1 is 1.03 bits per heavy atom. The van der Waals surface area contributed by atoms with Gasteiger partial charge in [0.2, 0.25) is 11.7 Å². The number of fused-ring (bicyclic) bond motifs is 3. The number of aromatic nitrogens is 3. The van der Waals surface area contributed by atoms with E-state index in [1.807, 2.05) is 30.3 Å². The van der Waals surface area contributed by atoms with E-state index in [1.54, 1.807) is 24.3 Å². The number of nitrogens with zero attached hydrogens (tertiary/aromatic N) is 3. The predicted molar refractivity (Wildman–Crippen MR) is 104 cm³/mol. The molecule has 9 nitrogen and oxygen atoms in total. The first-order valence-corrected chi connectivity index (χ1v) is 8.74. The number of para-hydroxylation sites is 2. The summed E-state index contributed by atoms with van der Waals surface area (Å²) in [5.74, 6) is -2.65. The normalized spacial score (nSPS) is 11.0. The molecule has 0 saturated carbocycles. The Balaban J connectivity index is 2.00. The molecule has 2 aromatic heterocycles. The Morgan fingerprint density at radius 2 is 1.72 bits per heavy atom. The van der Waals surface area contributed by atoms with Gasteiger partial charge in [0.1, 0.15) is 6.54 Å². The topological polar surface area (TPSA) is 126 Å². The molecule has 0 aliphatic heterocycles. The maximum absolute atomic E-state index is 13.1. The molecule has 0 spiro atoms. The molecule has 1 amide bonds. The lowest BCUT2D eigenvalue weighted by Crippen LogP contribution is -2.35. The Kier molecular flexibility index (Phi) is 4.47. The number of rotatable bonds is 5. The third-order valence-corrected chi connectivity index (χ3v) is 4.49. The molecule has 0 unspecified atom stereocenters. The molecule has 0 fully saturated rings. The summed E-state index contributed by atoms with van der Waals surface area (Å²) in [4.78, 5) is 40.8. The van der Waals surface area contributed by atoms with Gasteiger partial charge in [-0.05, 0) is 17.7 Å². The lowest BCUT2D eigenvalue weighted by atomic mass is 10.2. The fraction of sp³-hybridized carbons (Fsp3) is 0.100. The first kappa shape index (κ1) is 18.2. The SMILES string of the molecule is O=C(O)CNC(=O)c1c(O)n(Cc2ccccc2)c2nc3ccccc3n2c1=O. The van der Waals surface area contributed by atoms with E-state index in [4.69, 9.17) is 5.11 Å². The highest BCUT2D eigenvalue weighted by atomic mass is 16.4. The van der Waals surface area contributed by atoms with E-state index in [0.717, 1.165) is 5.56 Å². The maximum atomic E-state index is 13.1. The molecule has 2 heterocycles. The molecule has 0 aliphatic carbocycles. The predicted octanol–water partition coefficient (Wildman–Crippen LogP) is 1.22. The lowest BCUT2D eigenvalue weighted by Gasteiger charge is -2.14. The number of imidazole rings is 1. The molecule has 4 rings (SSSR count). The van der Waals surface area contributed by atoms with Crippen molar-refractivity contribution in [3.05, 3.63) is 76.1 Å². The standard InChI is InChI=1S/C20H16N4O5/c25-15(26)10-21-17(27)16-18(28)23(11-12-6-2-1-3-7-12)20-22-13-8-4-5-9-14(13)24(20)19(16)29/h1-9,28H,10-11H2,(H,21,27)(H,25,26). The van der Waals surface area contributed by atoms with E-state index in [1.165, 1.54) is 8.97 Å². The van der Waals surface area contributed by atoms with Crippen LogP contribution in [0.3, 0.4) is 0 Å². The number of hydrogen-bond donors (Lipinski definition) is 3. The van der Waals surface area contributed by atoms with Crippen molar-refractivity contribution >= 4 is 28.7 Å². The van der Waals surface area contributed by atoms with Crippen LogP contribution in [0, 0.1) is 0 Å². The summed E-state index contributed by atoms with van der Waals surface area (Å²) in [5, 5.41) is 21.7. The zero-order valence-electron chi connectivity index (χ0n) is 15.1. The second kappa shape index (κ2) is 7.12. The van der Waals surface area contributed by atoms with Gasteiger partial charge < -0.3 is 15.5 Å². The van der Waals surface area contributed by atoms with Gasteiger partial charge in [0.15, 0.2) is 5.56 Å². The molecule has 4 aromatic rings. The second-order valence-corrected chi connectivity index (χ2v) is 6.39. The Bertz CT molecular complexity index is 1310. The number of carbonyl (C=O) groups is 2. The average Bonchev–Trinajstić information content (AvgIpc) is 3.10. The summed E-state index contributed by atoms with van der Waals surface area (Å²) in [6, 6.07) is 16.1. The summed E-state index contributed by atoms with van der Waals surface area (Å²) in [6.07, 6.45) is 0. The first-order chi connectivity index (χ1) is 14.0. The van der Waals surface area contributed by atoms with Crippen LogP contribution in [0.15, 0.2) is 59.4 Å². The fourth-order valence-corrected chi connectivity index (χ4v) is 3.19. The number of carboxylic acid groups (broad SMARTS) is 1. The quantitative estimate of drug-likeness (QED) is 0.469. The van der Waals surface area contributed by atoms with Crippen LogP contribution in [-0.2, 0) is 11.3 Å². The van der Waals surface area contributed by atoms with E-state index in [-0.39, 0.29) is 12.3 Å². The van der Waals surface area contributed by atoms with Gasteiger partial charge in [0, 0.05) is 0 Å². The third kappa shape index (κ3) is 3.18. The van der Waals surface area contributed by atoms with Gasteiger partial charge in [-0.2, -0.15) is 0 Å². The Morgan fingerprint density at radius 3 is 2.45 bits per heavy atom. The van der Waals surface area contributed by atoms with E-state index in [9.17, 15) is 19.5 Å². The van der Waals surface area contributed by atoms with Gasteiger partial charge in [0.25, 0.3) is 11.5 Å². The summed E-state index contributed by atoms with van der Waals surface area (Å²) < 4.78 is 2.60. The average molecular weight is 392 g/mol. The molecule has 0 bridgehead atoms. The highest BCUT2D eigenvalue weighted by Crippen LogP contribution is 2.22. The van der Waals surface area contributed by atoms with Crippen LogP contribution in [-0.4, -0.2) is 42.6 Å². The number of amides is 1. The van der Waals surface area contributed by atoms with Gasteiger partial charge in [-0.15, -0.1) is 0 Å². The number of aromatic hydroxyl groups is 1. The number of carbonyl (C=O) groups excluding carboxylic acids is 1. The summed E-state index contributed by atoms with van der Waals surface area (Å²) in [6.45, 7) is -0.530. The van der Waals surface area contributed by atoms with Crippen molar-refractivity contribution in [2.24, 2.45) is 0 Å². The third-order valence-electron chi connectivity index (χ3n) is 4.49. The minimum atomic E-state index is -1.27. The van der Waals surface area contributed by atoms with Crippen molar-refractivity contribution in [2.45, 2.75) is 6.54 Å². The summed E-state index contributed by atoms with van der Waals surface area (Å²) in [7, 11) is 0. The van der Waals surface area contributed by atoms with Crippen LogP contribution in [0.4, 0.5) is 0 Å². The van der Waals surface area contributed by atoms with Gasteiger partial charge in [-0.25, -0.2) is 9.38 Å². The smallest absolute Gasteiger partial charge is 0.322 e. The second-order valence-electron chi connectivity index (χ2n) is 6.39. The summed E-state index contributed by atoms with van der Waals surface area (Å²) >= 11 is 0. The fourth-order valence-electron chi connectivity index (χ4n) is 3.19. The molecule has 3 N–H and O–H groups in total. The zero-order valence-corrected chi connectivity index (χ0v) is 15.1. The van der Waals surface area contributed by atoms with Crippen molar-refractivity contribution in [2.75, 3.05) is 6.54 Å². The highest BCUT2D eigenvalue weighted by Gasteiger charge is 2.25. The van der Waals surface area contributed by atoms with Crippen LogP contribution in [0.2, 0.25) is 0 Å². The highest BCUT2D eigenvalue weighted by molar-refractivity contribution is 5.98. The number of hydrogen-bond acceptors (Lipinski definition) is 5. The Labute approximate surface area is 163 Å². The van der Waals surface area contributed by atoms with Crippen molar-refractivity contribution < 1.29 is 19.8 Å². The van der Waals surface area contributed by atoms with Gasteiger partial charge >= 0.3 is 5.97 Å².